The summed E-state index contributed by atoms with van der Waals surface area (Å²) in [4.78, 5) is 6.63. The van der Waals surface area contributed by atoms with Crippen LogP contribution in [-0.4, -0.2) is 51.3 Å². The van der Waals surface area contributed by atoms with Crippen molar-refractivity contribution >= 4 is 29.9 Å². The number of nitrogens with one attached hydrogen (secondary N) is 2. The van der Waals surface area contributed by atoms with Crippen LogP contribution in [0.5, 0.6) is 5.75 Å². The van der Waals surface area contributed by atoms with E-state index in [1.807, 2.05) is 51.9 Å². The van der Waals surface area contributed by atoms with E-state index in [1.54, 1.807) is 6.07 Å². The van der Waals surface area contributed by atoms with Crippen molar-refractivity contribution in [3.8, 4) is 5.75 Å². The monoisotopic (exact) mass is 572 g/mol. The molecule has 184 valence electrons. The number of ether oxygens (including phenoxy) is 2. The first-order valence-electron chi connectivity index (χ1n) is 11.2. The molecule has 2 aromatic rings. The van der Waals surface area contributed by atoms with E-state index in [0.29, 0.717) is 51.0 Å². The third kappa shape index (κ3) is 10.7. The van der Waals surface area contributed by atoms with Gasteiger partial charge in [0.1, 0.15) is 18.2 Å². The van der Waals surface area contributed by atoms with Gasteiger partial charge in [-0.05, 0) is 64.2 Å². The third-order valence-electron chi connectivity index (χ3n) is 4.72. The third-order valence-corrected chi connectivity index (χ3v) is 4.72. The number of benzene rings is 2. The molecule has 0 radical (unpaired) electrons. The first-order valence-corrected chi connectivity index (χ1v) is 11.2. The predicted molar refractivity (Wildman–Crippen MR) is 144 cm³/mol. The van der Waals surface area contributed by atoms with Crippen LogP contribution in [0.2, 0.25) is 0 Å². The summed E-state index contributed by atoms with van der Waals surface area (Å²) < 4.78 is 25.4. The highest BCUT2D eigenvalue weighted by molar-refractivity contribution is 14.0. The molecule has 33 heavy (non-hydrogen) atoms. The van der Waals surface area contributed by atoms with Gasteiger partial charge >= 0.3 is 0 Å². The predicted octanol–water partition coefficient (Wildman–Crippen LogP) is 4.48. The minimum absolute atomic E-state index is 0. The maximum absolute atomic E-state index is 14.0. The fourth-order valence-electron chi connectivity index (χ4n) is 3.18. The minimum atomic E-state index is -0.187. The van der Waals surface area contributed by atoms with Crippen molar-refractivity contribution in [1.29, 1.82) is 0 Å². The Morgan fingerprint density at radius 1 is 1.03 bits per heavy atom. The van der Waals surface area contributed by atoms with Crippen molar-refractivity contribution in [3.63, 3.8) is 0 Å². The van der Waals surface area contributed by atoms with E-state index in [4.69, 9.17) is 9.47 Å². The van der Waals surface area contributed by atoms with Crippen molar-refractivity contribution in [2.24, 2.45) is 4.99 Å². The fraction of sp³-hybridized carbons (Fsp3) is 0.480. The SMILES string of the molecule is CCNC(=NCc1ccc(F)c(CN(C)C)c1)NCc1ccc(C)cc1OCCOCC.I. The number of nitrogens with zero attached hydrogens (tertiary/aromatic N) is 2. The molecule has 0 aliphatic rings. The Morgan fingerprint density at radius 2 is 1.82 bits per heavy atom. The summed E-state index contributed by atoms with van der Waals surface area (Å²) in [7, 11) is 3.86. The topological polar surface area (TPSA) is 58.1 Å². The average molecular weight is 573 g/mol. The van der Waals surface area contributed by atoms with Crippen LogP contribution in [0.1, 0.15) is 36.1 Å². The molecule has 2 N–H and O–H groups in total. The number of halogens is 2. The molecule has 2 rings (SSSR count). The van der Waals surface area contributed by atoms with Gasteiger partial charge < -0.3 is 25.0 Å². The average Bonchev–Trinajstić information content (AvgIpc) is 2.76. The molecular formula is C25H38FIN4O2. The van der Waals surface area contributed by atoms with Crippen LogP contribution in [0.4, 0.5) is 4.39 Å². The van der Waals surface area contributed by atoms with Gasteiger partial charge in [-0.1, -0.05) is 18.2 Å². The summed E-state index contributed by atoms with van der Waals surface area (Å²) in [5, 5.41) is 6.64. The molecule has 0 saturated carbocycles. The van der Waals surface area contributed by atoms with E-state index in [0.717, 1.165) is 29.0 Å². The van der Waals surface area contributed by atoms with Gasteiger partial charge in [0.2, 0.25) is 0 Å². The Morgan fingerprint density at radius 3 is 2.52 bits per heavy atom. The highest BCUT2D eigenvalue weighted by atomic mass is 127. The van der Waals surface area contributed by atoms with E-state index in [2.05, 4.69) is 27.8 Å². The maximum Gasteiger partial charge on any atom is 0.191 e. The summed E-state index contributed by atoms with van der Waals surface area (Å²) in [5.41, 5.74) is 3.84. The summed E-state index contributed by atoms with van der Waals surface area (Å²) >= 11 is 0. The molecule has 0 heterocycles. The van der Waals surface area contributed by atoms with Gasteiger partial charge in [-0.3, -0.25) is 0 Å². The van der Waals surface area contributed by atoms with Crippen LogP contribution in [0.15, 0.2) is 41.4 Å². The van der Waals surface area contributed by atoms with Gasteiger partial charge in [-0.2, -0.15) is 0 Å². The second-order valence-electron chi connectivity index (χ2n) is 7.87. The normalized spacial score (nSPS) is 11.3. The summed E-state index contributed by atoms with van der Waals surface area (Å²) in [6, 6.07) is 11.4. The zero-order chi connectivity index (χ0) is 23.3. The Kier molecular flexibility index (Phi) is 14.0. The Balaban J connectivity index is 0.00000544. The largest absolute Gasteiger partial charge is 0.491 e. The van der Waals surface area contributed by atoms with Crippen molar-refractivity contribution in [1.82, 2.24) is 15.5 Å². The smallest absolute Gasteiger partial charge is 0.191 e. The first kappa shape index (κ1) is 29.1. The maximum atomic E-state index is 14.0. The summed E-state index contributed by atoms with van der Waals surface area (Å²) in [6.45, 7) is 10.1. The quantitative estimate of drug-likeness (QED) is 0.170. The van der Waals surface area contributed by atoms with Crippen LogP contribution in [0.3, 0.4) is 0 Å². The summed E-state index contributed by atoms with van der Waals surface area (Å²) in [6.07, 6.45) is 0. The zero-order valence-corrected chi connectivity index (χ0v) is 22.7. The Bertz CT molecular complexity index is 877. The van der Waals surface area contributed by atoms with Crippen LogP contribution < -0.4 is 15.4 Å². The van der Waals surface area contributed by atoms with E-state index >= 15 is 0 Å². The lowest BCUT2D eigenvalue weighted by Gasteiger charge is -2.16. The molecule has 6 nitrogen and oxygen atoms in total. The fourth-order valence-corrected chi connectivity index (χ4v) is 3.18. The van der Waals surface area contributed by atoms with Crippen LogP contribution >= 0.6 is 24.0 Å². The van der Waals surface area contributed by atoms with Gasteiger partial charge in [0.05, 0.1) is 13.2 Å². The van der Waals surface area contributed by atoms with Gasteiger partial charge in [0, 0.05) is 37.4 Å². The number of hydrogen-bond donors (Lipinski definition) is 2. The molecular weight excluding hydrogens is 534 g/mol. The standard InChI is InChI=1S/C25H37FN4O2.HI/c1-6-27-25(28-16-20-9-11-23(26)22(15-20)18-30(4)5)29-17-21-10-8-19(3)14-24(21)32-13-12-31-7-2;/h8-11,14-15H,6-7,12-13,16-18H2,1-5H3,(H2,27,28,29);1H. The zero-order valence-electron chi connectivity index (χ0n) is 20.4. The highest BCUT2D eigenvalue weighted by Crippen LogP contribution is 2.20. The molecule has 2 aromatic carbocycles. The molecule has 0 aromatic heterocycles. The number of aliphatic imine (C=N–C) groups is 1. The summed E-state index contributed by atoms with van der Waals surface area (Å²) in [5.74, 6) is 1.36. The molecule has 0 fully saturated rings. The molecule has 0 amide bonds. The van der Waals surface area contributed by atoms with Crippen molar-refractivity contribution in [3.05, 3.63) is 64.5 Å². The van der Waals surface area contributed by atoms with Crippen molar-refractivity contribution in [2.75, 3.05) is 40.5 Å². The molecule has 0 aliphatic heterocycles. The lowest BCUT2D eigenvalue weighted by molar-refractivity contribution is 0.110. The molecule has 0 spiro atoms. The molecule has 0 saturated heterocycles. The minimum Gasteiger partial charge on any atom is -0.491 e. The van der Waals surface area contributed by atoms with Gasteiger partial charge in [0.25, 0.3) is 0 Å². The lowest BCUT2D eigenvalue weighted by Crippen LogP contribution is -2.36. The van der Waals surface area contributed by atoms with E-state index < -0.39 is 0 Å². The Hall–Kier alpha value is -1.91. The van der Waals surface area contributed by atoms with Gasteiger partial charge in [-0.25, -0.2) is 9.38 Å². The van der Waals surface area contributed by atoms with Crippen LogP contribution in [-0.2, 0) is 24.4 Å². The molecule has 0 aliphatic carbocycles. The second-order valence-corrected chi connectivity index (χ2v) is 7.87. The van der Waals surface area contributed by atoms with E-state index in [-0.39, 0.29) is 29.8 Å². The number of rotatable bonds is 12. The van der Waals surface area contributed by atoms with Crippen LogP contribution in [0.25, 0.3) is 0 Å². The number of hydrogen-bond acceptors (Lipinski definition) is 4. The van der Waals surface area contributed by atoms with Gasteiger partial charge in [0.15, 0.2) is 5.96 Å². The molecule has 0 unspecified atom stereocenters. The molecule has 8 heteroatoms. The van der Waals surface area contributed by atoms with Crippen molar-refractivity contribution < 1.29 is 13.9 Å². The first-order chi connectivity index (χ1) is 15.4. The number of aryl methyl sites for hydroxylation is 1. The molecule has 0 atom stereocenters. The van der Waals surface area contributed by atoms with E-state index in [9.17, 15) is 4.39 Å². The van der Waals surface area contributed by atoms with Gasteiger partial charge in [-0.15, -0.1) is 24.0 Å². The van der Waals surface area contributed by atoms with Crippen LogP contribution in [0, 0.1) is 12.7 Å². The Labute approximate surface area is 215 Å². The van der Waals surface area contributed by atoms with Crippen molar-refractivity contribution in [2.45, 2.75) is 40.4 Å². The van der Waals surface area contributed by atoms with E-state index in [1.165, 1.54) is 6.07 Å². The lowest BCUT2D eigenvalue weighted by atomic mass is 10.1. The number of guanidine groups is 1. The molecule has 0 bridgehead atoms. The second kappa shape index (κ2) is 15.8. The highest BCUT2D eigenvalue weighted by Gasteiger charge is 2.08.